The van der Waals surface area contributed by atoms with E-state index in [1.807, 2.05) is 60.7 Å². The third-order valence-corrected chi connectivity index (χ3v) is 10.8. The van der Waals surface area contributed by atoms with Gasteiger partial charge in [0.1, 0.15) is 0 Å². The Kier molecular flexibility index (Phi) is 7.42. The molecule has 0 aliphatic carbocycles. The fraction of sp³-hybridized carbons (Fsp3) is 0. The van der Waals surface area contributed by atoms with Gasteiger partial charge in [0.25, 0.3) is 0 Å². The molecule has 0 saturated carbocycles. The highest BCUT2D eigenvalue weighted by Gasteiger charge is 2.22. The first-order valence-corrected chi connectivity index (χ1v) is 18.9. The lowest BCUT2D eigenvalue weighted by Crippen LogP contribution is -2.06. The fourth-order valence-electron chi connectivity index (χ4n) is 8.19. The van der Waals surface area contributed by atoms with Crippen molar-refractivity contribution in [3.8, 4) is 56.7 Å². The summed E-state index contributed by atoms with van der Waals surface area (Å²) in [5, 5.41) is 4.68. The van der Waals surface area contributed by atoms with Gasteiger partial charge < -0.3 is 4.57 Å². The number of hydrogen-bond donors (Lipinski definition) is 0. The summed E-state index contributed by atoms with van der Waals surface area (Å²) in [5.74, 6) is 1.83. The SMILES string of the molecule is c1ccc(-c2ccc(-c3ccccc3-n3c4ccccc4c4cc5c6ccccc6n(-c6nc(-c7ccccc7)nc(-c7ccccc7)n6)c5cc43)cc2)cc1. The van der Waals surface area contributed by atoms with Crippen LogP contribution in [-0.2, 0) is 0 Å². The summed E-state index contributed by atoms with van der Waals surface area (Å²) in [6.45, 7) is 0. The summed E-state index contributed by atoms with van der Waals surface area (Å²) in [5.41, 5.74) is 12.0. The highest BCUT2D eigenvalue weighted by Crippen LogP contribution is 2.41. The van der Waals surface area contributed by atoms with Gasteiger partial charge in [-0.3, -0.25) is 4.57 Å². The third-order valence-electron chi connectivity index (χ3n) is 10.8. The van der Waals surface area contributed by atoms with Gasteiger partial charge in [-0.15, -0.1) is 0 Å². The Morgan fingerprint density at radius 1 is 0.286 bits per heavy atom. The smallest absolute Gasteiger partial charge is 0.238 e. The van der Waals surface area contributed by atoms with Crippen molar-refractivity contribution in [2.45, 2.75) is 0 Å². The van der Waals surface area contributed by atoms with Crippen molar-refractivity contribution in [3.63, 3.8) is 0 Å². The van der Waals surface area contributed by atoms with Crippen LogP contribution in [-0.4, -0.2) is 24.1 Å². The van der Waals surface area contributed by atoms with E-state index in [0.29, 0.717) is 17.6 Å². The first-order chi connectivity index (χ1) is 27.8. The van der Waals surface area contributed by atoms with Crippen LogP contribution in [0.25, 0.3) is 100 Å². The van der Waals surface area contributed by atoms with E-state index in [9.17, 15) is 0 Å². The quantitative estimate of drug-likeness (QED) is 0.172. The predicted octanol–water partition coefficient (Wildman–Crippen LogP) is 12.7. The maximum atomic E-state index is 5.19. The molecular formula is C51H33N5. The summed E-state index contributed by atoms with van der Waals surface area (Å²) in [6, 6.07) is 70.4. The Morgan fingerprint density at radius 2 is 0.732 bits per heavy atom. The molecule has 5 nitrogen and oxygen atoms in total. The van der Waals surface area contributed by atoms with E-state index >= 15 is 0 Å². The minimum absolute atomic E-state index is 0.574. The highest BCUT2D eigenvalue weighted by molar-refractivity contribution is 6.19. The first-order valence-electron chi connectivity index (χ1n) is 18.9. The van der Waals surface area contributed by atoms with Crippen molar-refractivity contribution in [1.82, 2.24) is 24.1 Å². The monoisotopic (exact) mass is 715 g/mol. The van der Waals surface area contributed by atoms with Crippen LogP contribution in [0.2, 0.25) is 0 Å². The summed E-state index contributed by atoms with van der Waals surface area (Å²) in [6.07, 6.45) is 0. The Hall–Kier alpha value is -7.63. The molecule has 0 aliphatic rings. The van der Waals surface area contributed by atoms with Gasteiger partial charge in [-0.05, 0) is 47.0 Å². The number of fused-ring (bicyclic) bond motifs is 6. The third kappa shape index (κ3) is 5.21. The summed E-state index contributed by atoms with van der Waals surface area (Å²) < 4.78 is 4.63. The van der Waals surface area contributed by atoms with Crippen molar-refractivity contribution in [2.75, 3.05) is 0 Å². The van der Waals surface area contributed by atoms with E-state index < -0.39 is 0 Å². The van der Waals surface area contributed by atoms with Crippen molar-refractivity contribution >= 4 is 43.6 Å². The maximum Gasteiger partial charge on any atom is 0.238 e. The van der Waals surface area contributed by atoms with E-state index in [1.165, 1.54) is 21.9 Å². The summed E-state index contributed by atoms with van der Waals surface area (Å²) >= 11 is 0. The second-order valence-electron chi connectivity index (χ2n) is 14.1. The number of aromatic nitrogens is 5. The van der Waals surface area contributed by atoms with E-state index in [0.717, 1.165) is 60.8 Å². The molecule has 3 heterocycles. The van der Waals surface area contributed by atoms with Gasteiger partial charge in [0, 0.05) is 38.2 Å². The van der Waals surface area contributed by atoms with E-state index in [4.69, 9.17) is 15.0 Å². The average Bonchev–Trinajstić information content (AvgIpc) is 3.78. The second kappa shape index (κ2) is 13.0. The zero-order valence-corrected chi connectivity index (χ0v) is 30.3. The Bertz CT molecular complexity index is 3160. The van der Waals surface area contributed by atoms with Gasteiger partial charge >= 0.3 is 0 Å². The standard InChI is InChI=1S/C51H33N5/c1-4-16-34(17-5-1)35-28-30-36(31-29-35)39-22-10-13-25-44(39)55-45-26-14-11-23-40(45)42-32-43-41-24-12-15-27-46(41)56(48(43)33-47(42)55)51-53-49(37-18-6-2-7-19-37)52-50(54-51)38-20-8-3-9-21-38/h1-33H. The van der Waals surface area contributed by atoms with Crippen molar-refractivity contribution in [1.29, 1.82) is 0 Å². The molecule has 0 N–H and O–H groups in total. The molecule has 0 unspecified atom stereocenters. The molecule has 5 heteroatoms. The molecule has 11 aromatic rings. The predicted molar refractivity (Wildman–Crippen MR) is 230 cm³/mol. The second-order valence-corrected chi connectivity index (χ2v) is 14.1. The molecular weight excluding hydrogens is 683 g/mol. The van der Waals surface area contributed by atoms with Crippen molar-refractivity contribution in [3.05, 3.63) is 200 Å². The Balaban J connectivity index is 1.18. The molecule has 0 aliphatic heterocycles. The first kappa shape index (κ1) is 31.9. The molecule has 0 atom stereocenters. The topological polar surface area (TPSA) is 48.5 Å². The lowest BCUT2D eigenvalue weighted by molar-refractivity contribution is 0.953. The molecule has 0 amide bonds. The van der Waals surface area contributed by atoms with Gasteiger partial charge in [0.2, 0.25) is 5.95 Å². The van der Waals surface area contributed by atoms with Crippen LogP contribution in [0.15, 0.2) is 200 Å². The molecule has 56 heavy (non-hydrogen) atoms. The number of benzene rings is 8. The fourth-order valence-corrected chi connectivity index (χ4v) is 8.19. The normalized spacial score (nSPS) is 11.6. The van der Waals surface area contributed by atoms with E-state index in [1.54, 1.807) is 0 Å². The van der Waals surface area contributed by atoms with Crippen LogP contribution >= 0.6 is 0 Å². The number of hydrogen-bond acceptors (Lipinski definition) is 3. The van der Waals surface area contributed by atoms with E-state index in [-0.39, 0.29) is 0 Å². The van der Waals surface area contributed by atoms with Crippen molar-refractivity contribution < 1.29 is 0 Å². The molecule has 0 fully saturated rings. The van der Waals surface area contributed by atoms with Crippen LogP contribution in [0.3, 0.4) is 0 Å². The molecule has 0 bridgehead atoms. The van der Waals surface area contributed by atoms with Gasteiger partial charge in [-0.1, -0.05) is 170 Å². The highest BCUT2D eigenvalue weighted by atomic mass is 15.2. The number of nitrogens with zero attached hydrogens (tertiary/aromatic N) is 5. The Morgan fingerprint density at radius 3 is 1.34 bits per heavy atom. The summed E-state index contributed by atoms with van der Waals surface area (Å²) in [7, 11) is 0. The molecule has 11 rings (SSSR count). The van der Waals surface area contributed by atoms with Gasteiger partial charge in [-0.25, -0.2) is 4.98 Å². The molecule has 0 spiro atoms. The minimum Gasteiger partial charge on any atom is -0.309 e. The molecule has 3 aromatic heterocycles. The van der Waals surface area contributed by atoms with E-state index in [2.05, 4.69) is 149 Å². The number of rotatable bonds is 6. The molecule has 0 radical (unpaired) electrons. The van der Waals surface area contributed by atoms with Crippen LogP contribution in [0.5, 0.6) is 0 Å². The summed E-state index contributed by atoms with van der Waals surface area (Å²) in [4.78, 5) is 15.4. The molecule has 262 valence electrons. The Labute approximate surface area is 323 Å². The maximum absolute atomic E-state index is 5.19. The van der Waals surface area contributed by atoms with Crippen LogP contribution < -0.4 is 0 Å². The average molecular weight is 716 g/mol. The van der Waals surface area contributed by atoms with Crippen LogP contribution in [0, 0.1) is 0 Å². The lowest BCUT2D eigenvalue weighted by atomic mass is 9.99. The van der Waals surface area contributed by atoms with Gasteiger partial charge in [0.05, 0.1) is 27.8 Å². The minimum atomic E-state index is 0.574. The zero-order valence-electron chi connectivity index (χ0n) is 30.3. The largest absolute Gasteiger partial charge is 0.309 e. The molecule has 8 aromatic carbocycles. The van der Waals surface area contributed by atoms with Gasteiger partial charge in [0.15, 0.2) is 11.6 Å². The number of para-hydroxylation sites is 3. The van der Waals surface area contributed by atoms with Crippen LogP contribution in [0.1, 0.15) is 0 Å². The van der Waals surface area contributed by atoms with Gasteiger partial charge in [-0.2, -0.15) is 9.97 Å². The molecule has 0 saturated heterocycles. The van der Waals surface area contributed by atoms with Crippen molar-refractivity contribution in [2.24, 2.45) is 0 Å². The van der Waals surface area contributed by atoms with Crippen LogP contribution in [0.4, 0.5) is 0 Å². The zero-order chi connectivity index (χ0) is 37.0. The lowest BCUT2D eigenvalue weighted by Gasteiger charge is -2.15.